The molecule has 0 N–H and O–H groups in total. The van der Waals surface area contributed by atoms with Crippen LogP contribution in [0, 0.1) is 0 Å². The van der Waals surface area contributed by atoms with Crippen LogP contribution in [0.5, 0.6) is 11.5 Å². The maximum absolute atomic E-state index is 12.8. The molecule has 3 aromatic carbocycles. The van der Waals surface area contributed by atoms with Gasteiger partial charge in [-0.2, -0.15) is 0 Å². The van der Waals surface area contributed by atoms with Gasteiger partial charge in [0.15, 0.2) is 0 Å². The molecule has 32 heavy (non-hydrogen) atoms. The van der Waals surface area contributed by atoms with Crippen LogP contribution in [-0.2, 0) is 6.54 Å². The maximum atomic E-state index is 12.8. The molecule has 3 aromatic rings. The second-order valence-electron chi connectivity index (χ2n) is 8.48. The van der Waals surface area contributed by atoms with Crippen LogP contribution in [0.4, 0.5) is 0 Å². The van der Waals surface area contributed by atoms with Crippen molar-refractivity contribution in [2.75, 3.05) is 19.6 Å². The smallest absolute Gasteiger partial charge is 0.254 e. The highest BCUT2D eigenvalue weighted by Crippen LogP contribution is 2.29. The summed E-state index contributed by atoms with van der Waals surface area (Å²) >= 11 is 0. The third-order valence-electron chi connectivity index (χ3n) is 6.40. The lowest BCUT2D eigenvalue weighted by Gasteiger charge is -2.36. The number of rotatable bonds is 6. The number of ether oxygens (including phenoxy) is 1. The zero-order valence-electron chi connectivity index (χ0n) is 18.2. The SMILES string of the molecule is O=C1c2ccccc2CN1C1CCN(C/C=C/c2ccccc2Oc2ccccc2)CC1. The number of hydrogen-bond acceptors (Lipinski definition) is 3. The topological polar surface area (TPSA) is 32.8 Å². The molecule has 1 fully saturated rings. The zero-order chi connectivity index (χ0) is 21.8. The standard InChI is InChI=1S/C28H28N2O2/c31-28-26-14-6-4-10-23(26)21-30(28)24-16-19-29(20-17-24)18-8-11-22-9-5-7-15-27(22)32-25-12-2-1-3-13-25/h1-15,24H,16-21H2/b11-8+. The van der Waals surface area contributed by atoms with Gasteiger partial charge in [-0.05, 0) is 42.7 Å². The number of amides is 1. The molecule has 2 aliphatic heterocycles. The van der Waals surface area contributed by atoms with Gasteiger partial charge in [-0.15, -0.1) is 0 Å². The summed E-state index contributed by atoms with van der Waals surface area (Å²) in [5, 5.41) is 0. The molecule has 0 radical (unpaired) electrons. The highest BCUT2D eigenvalue weighted by Gasteiger charge is 2.33. The summed E-state index contributed by atoms with van der Waals surface area (Å²) in [4.78, 5) is 17.3. The zero-order valence-corrected chi connectivity index (χ0v) is 18.2. The Labute approximate surface area is 189 Å². The van der Waals surface area contributed by atoms with E-state index in [1.165, 1.54) is 5.56 Å². The van der Waals surface area contributed by atoms with E-state index in [1.807, 2.05) is 66.7 Å². The van der Waals surface area contributed by atoms with Crippen LogP contribution < -0.4 is 4.74 Å². The lowest BCUT2D eigenvalue weighted by atomic mass is 10.0. The molecule has 2 aliphatic rings. The lowest BCUT2D eigenvalue weighted by Crippen LogP contribution is -2.45. The van der Waals surface area contributed by atoms with Crippen molar-refractivity contribution in [1.29, 1.82) is 0 Å². The first kappa shape index (κ1) is 20.5. The molecule has 0 aromatic heterocycles. The molecule has 0 atom stereocenters. The van der Waals surface area contributed by atoms with E-state index in [4.69, 9.17) is 4.74 Å². The Kier molecular flexibility index (Phi) is 6.04. The molecule has 0 aliphatic carbocycles. The van der Waals surface area contributed by atoms with E-state index in [0.717, 1.165) is 61.6 Å². The Morgan fingerprint density at radius 3 is 2.41 bits per heavy atom. The van der Waals surface area contributed by atoms with E-state index in [9.17, 15) is 4.79 Å². The Morgan fingerprint density at radius 2 is 1.59 bits per heavy atom. The number of nitrogens with zero attached hydrogens (tertiary/aromatic N) is 2. The fourth-order valence-electron chi connectivity index (χ4n) is 4.64. The van der Waals surface area contributed by atoms with E-state index in [0.29, 0.717) is 6.04 Å². The Hall–Kier alpha value is -3.37. The van der Waals surface area contributed by atoms with Gasteiger partial charge in [0.1, 0.15) is 11.5 Å². The third-order valence-corrected chi connectivity index (χ3v) is 6.40. The summed E-state index contributed by atoms with van der Waals surface area (Å²) in [7, 11) is 0. The number of fused-ring (bicyclic) bond motifs is 1. The average molecular weight is 425 g/mol. The number of piperidine rings is 1. The van der Waals surface area contributed by atoms with Crippen molar-refractivity contribution in [2.24, 2.45) is 0 Å². The van der Waals surface area contributed by atoms with Crippen LogP contribution in [0.2, 0.25) is 0 Å². The predicted octanol–water partition coefficient (Wildman–Crippen LogP) is 5.61. The predicted molar refractivity (Wildman–Crippen MR) is 128 cm³/mol. The fraction of sp³-hybridized carbons (Fsp3) is 0.250. The molecule has 0 bridgehead atoms. The highest BCUT2D eigenvalue weighted by molar-refractivity contribution is 5.98. The monoisotopic (exact) mass is 424 g/mol. The van der Waals surface area contributed by atoms with Gasteiger partial charge >= 0.3 is 0 Å². The summed E-state index contributed by atoms with van der Waals surface area (Å²) in [5.41, 5.74) is 3.13. The molecular formula is C28H28N2O2. The summed E-state index contributed by atoms with van der Waals surface area (Å²) in [6, 6.07) is 26.3. The van der Waals surface area contributed by atoms with Crippen LogP contribution in [-0.4, -0.2) is 41.4 Å². The molecule has 0 saturated carbocycles. The molecule has 4 heteroatoms. The van der Waals surface area contributed by atoms with Crippen LogP contribution in [0.25, 0.3) is 6.08 Å². The summed E-state index contributed by atoms with van der Waals surface area (Å²) in [6.45, 7) is 3.69. The normalized spacial score (nSPS) is 17.1. The molecule has 0 unspecified atom stereocenters. The number of benzene rings is 3. The van der Waals surface area contributed by atoms with Gasteiger partial charge in [-0.25, -0.2) is 0 Å². The summed E-state index contributed by atoms with van der Waals surface area (Å²) < 4.78 is 6.06. The van der Waals surface area contributed by atoms with Crippen molar-refractivity contribution in [3.63, 3.8) is 0 Å². The Morgan fingerprint density at radius 1 is 0.875 bits per heavy atom. The van der Waals surface area contributed by atoms with Crippen LogP contribution in [0.1, 0.15) is 34.3 Å². The first-order valence-electron chi connectivity index (χ1n) is 11.4. The second-order valence-corrected chi connectivity index (χ2v) is 8.48. The second kappa shape index (κ2) is 9.41. The van der Waals surface area contributed by atoms with Crippen molar-refractivity contribution in [3.8, 4) is 11.5 Å². The molecular weight excluding hydrogens is 396 g/mol. The Bertz CT molecular complexity index is 1100. The van der Waals surface area contributed by atoms with Gasteiger partial charge in [0.2, 0.25) is 0 Å². The van der Waals surface area contributed by atoms with Crippen LogP contribution in [0.3, 0.4) is 0 Å². The van der Waals surface area contributed by atoms with E-state index >= 15 is 0 Å². The van der Waals surface area contributed by atoms with Gasteiger partial charge in [-0.3, -0.25) is 9.69 Å². The van der Waals surface area contributed by atoms with E-state index in [1.54, 1.807) is 0 Å². The first-order chi connectivity index (χ1) is 15.8. The Balaban J connectivity index is 1.15. The van der Waals surface area contributed by atoms with E-state index in [-0.39, 0.29) is 5.91 Å². The van der Waals surface area contributed by atoms with Crippen molar-refractivity contribution >= 4 is 12.0 Å². The number of para-hydroxylation sites is 2. The maximum Gasteiger partial charge on any atom is 0.254 e. The summed E-state index contributed by atoms with van der Waals surface area (Å²) in [6.07, 6.45) is 6.41. The minimum Gasteiger partial charge on any atom is -0.457 e. The van der Waals surface area contributed by atoms with E-state index < -0.39 is 0 Å². The van der Waals surface area contributed by atoms with Gasteiger partial charge in [0.05, 0.1) is 0 Å². The van der Waals surface area contributed by atoms with E-state index in [2.05, 4.69) is 34.1 Å². The highest BCUT2D eigenvalue weighted by atomic mass is 16.5. The van der Waals surface area contributed by atoms with Crippen molar-refractivity contribution in [1.82, 2.24) is 9.80 Å². The minimum absolute atomic E-state index is 0.203. The molecule has 2 heterocycles. The largest absolute Gasteiger partial charge is 0.457 e. The van der Waals surface area contributed by atoms with Gasteiger partial charge < -0.3 is 9.64 Å². The number of carbonyl (C=O) groups excluding carboxylic acids is 1. The lowest BCUT2D eigenvalue weighted by molar-refractivity contribution is 0.0607. The molecule has 1 saturated heterocycles. The van der Waals surface area contributed by atoms with Crippen molar-refractivity contribution in [3.05, 3.63) is 102 Å². The van der Waals surface area contributed by atoms with Crippen LogP contribution in [0.15, 0.2) is 84.9 Å². The molecule has 5 rings (SSSR count). The number of likely N-dealkylation sites (tertiary alicyclic amines) is 1. The molecule has 1 amide bonds. The molecule has 4 nitrogen and oxygen atoms in total. The number of carbonyl (C=O) groups is 1. The third kappa shape index (κ3) is 4.46. The van der Waals surface area contributed by atoms with Crippen LogP contribution >= 0.6 is 0 Å². The van der Waals surface area contributed by atoms with Gasteiger partial charge in [0.25, 0.3) is 5.91 Å². The van der Waals surface area contributed by atoms with Gasteiger partial charge in [0, 0.05) is 43.3 Å². The van der Waals surface area contributed by atoms with Crippen molar-refractivity contribution < 1.29 is 9.53 Å². The fourth-order valence-corrected chi connectivity index (χ4v) is 4.64. The average Bonchev–Trinajstić information content (AvgIpc) is 3.18. The number of hydrogen-bond donors (Lipinski definition) is 0. The summed E-state index contributed by atoms with van der Waals surface area (Å²) in [5.74, 6) is 1.91. The quantitative estimate of drug-likeness (QED) is 0.515. The first-order valence-corrected chi connectivity index (χ1v) is 11.4. The molecule has 0 spiro atoms. The van der Waals surface area contributed by atoms with Crippen molar-refractivity contribution in [2.45, 2.75) is 25.4 Å². The minimum atomic E-state index is 0.203. The molecule has 162 valence electrons. The van der Waals surface area contributed by atoms with Gasteiger partial charge in [-0.1, -0.05) is 66.7 Å².